The Labute approximate surface area is 83.1 Å². The number of hydrogen-bond acceptors (Lipinski definition) is 2. The number of fused-ring (bicyclic) bond motifs is 1. The largest absolute Gasteiger partial charge is 0.385 e. The van der Waals surface area contributed by atoms with Crippen LogP contribution in [0.5, 0.6) is 0 Å². The van der Waals surface area contributed by atoms with Crippen molar-refractivity contribution in [2.75, 3.05) is 13.7 Å². The second-order valence-electron chi connectivity index (χ2n) is 3.31. The molecule has 2 heterocycles. The molecule has 0 amide bonds. The van der Waals surface area contributed by atoms with Crippen LogP contribution in [0.4, 0.5) is 0 Å². The molecule has 2 aromatic rings. The van der Waals surface area contributed by atoms with Gasteiger partial charge in [0.2, 0.25) is 0 Å². The summed E-state index contributed by atoms with van der Waals surface area (Å²) in [6.07, 6.45) is 5.92. The summed E-state index contributed by atoms with van der Waals surface area (Å²) in [6, 6.07) is 3.99. The quantitative estimate of drug-likeness (QED) is 0.750. The first-order valence-electron chi connectivity index (χ1n) is 4.81. The topological polar surface area (TPSA) is 37.9 Å². The summed E-state index contributed by atoms with van der Waals surface area (Å²) in [7, 11) is 1.73. The molecule has 0 bridgehead atoms. The molecule has 0 fully saturated rings. The Morgan fingerprint density at radius 2 is 2.43 bits per heavy atom. The van der Waals surface area contributed by atoms with Gasteiger partial charge in [-0.15, -0.1) is 0 Å². The average molecular weight is 190 g/mol. The van der Waals surface area contributed by atoms with Crippen molar-refractivity contribution in [2.24, 2.45) is 0 Å². The Kier molecular flexibility index (Phi) is 2.79. The highest BCUT2D eigenvalue weighted by Gasteiger charge is 2.02. The average Bonchev–Trinajstić information content (AvgIpc) is 2.63. The number of ether oxygens (including phenoxy) is 1. The summed E-state index contributed by atoms with van der Waals surface area (Å²) in [4.78, 5) is 7.56. The minimum Gasteiger partial charge on any atom is -0.385 e. The molecule has 2 aromatic heterocycles. The van der Waals surface area contributed by atoms with Gasteiger partial charge in [0.25, 0.3) is 0 Å². The van der Waals surface area contributed by atoms with Crippen LogP contribution in [-0.4, -0.2) is 23.7 Å². The van der Waals surface area contributed by atoms with Crippen molar-refractivity contribution in [1.82, 2.24) is 9.97 Å². The number of rotatable bonds is 4. The van der Waals surface area contributed by atoms with Crippen LogP contribution in [0, 0.1) is 0 Å². The number of H-pyrrole nitrogens is 1. The smallest absolute Gasteiger partial charge is 0.0910 e. The van der Waals surface area contributed by atoms with Crippen molar-refractivity contribution in [2.45, 2.75) is 12.8 Å². The van der Waals surface area contributed by atoms with Gasteiger partial charge in [-0.3, -0.25) is 4.98 Å². The van der Waals surface area contributed by atoms with Gasteiger partial charge < -0.3 is 9.72 Å². The summed E-state index contributed by atoms with van der Waals surface area (Å²) in [5.74, 6) is 0. The highest BCUT2D eigenvalue weighted by molar-refractivity contribution is 5.78. The third kappa shape index (κ3) is 1.77. The Morgan fingerprint density at radius 1 is 1.50 bits per heavy atom. The third-order valence-corrected chi connectivity index (χ3v) is 2.31. The highest BCUT2D eigenvalue weighted by Crippen LogP contribution is 2.16. The number of nitrogens with zero attached hydrogens (tertiary/aromatic N) is 1. The molecule has 3 heteroatoms. The van der Waals surface area contributed by atoms with E-state index in [9.17, 15) is 0 Å². The molecule has 0 atom stereocenters. The van der Waals surface area contributed by atoms with Crippen LogP contribution >= 0.6 is 0 Å². The molecule has 0 aliphatic heterocycles. The lowest BCUT2D eigenvalue weighted by Crippen LogP contribution is -1.92. The van der Waals surface area contributed by atoms with Gasteiger partial charge in [-0.2, -0.15) is 0 Å². The third-order valence-electron chi connectivity index (χ3n) is 2.31. The van der Waals surface area contributed by atoms with Gasteiger partial charge in [-0.05, 0) is 30.5 Å². The van der Waals surface area contributed by atoms with Crippen LogP contribution in [0.1, 0.15) is 12.0 Å². The number of hydrogen-bond donors (Lipinski definition) is 1. The number of pyridine rings is 1. The van der Waals surface area contributed by atoms with E-state index in [1.807, 2.05) is 24.5 Å². The van der Waals surface area contributed by atoms with Crippen LogP contribution in [-0.2, 0) is 11.2 Å². The lowest BCUT2D eigenvalue weighted by molar-refractivity contribution is 0.195. The van der Waals surface area contributed by atoms with E-state index in [1.165, 1.54) is 5.56 Å². The van der Waals surface area contributed by atoms with Gasteiger partial charge in [-0.25, -0.2) is 0 Å². The lowest BCUT2D eigenvalue weighted by Gasteiger charge is -1.97. The predicted molar refractivity (Wildman–Crippen MR) is 56.3 cm³/mol. The molecule has 3 nitrogen and oxygen atoms in total. The van der Waals surface area contributed by atoms with E-state index in [0.29, 0.717) is 0 Å². The van der Waals surface area contributed by atoms with Crippen LogP contribution in [0.25, 0.3) is 11.0 Å². The second-order valence-corrected chi connectivity index (χ2v) is 3.31. The molecule has 0 saturated carbocycles. The van der Waals surface area contributed by atoms with Gasteiger partial charge >= 0.3 is 0 Å². The Morgan fingerprint density at radius 3 is 3.29 bits per heavy atom. The summed E-state index contributed by atoms with van der Waals surface area (Å²) >= 11 is 0. The molecule has 0 saturated heterocycles. The first kappa shape index (κ1) is 9.21. The molecule has 1 N–H and O–H groups in total. The zero-order valence-electron chi connectivity index (χ0n) is 8.29. The minimum absolute atomic E-state index is 0.805. The molecule has 0 aromatic carbocycles. The monoisotopic (exact) mass is 190 g/mol. The molecule has 0 aliphatic carbocycles. The molecular formula is C11H14N2O. The number of aryl methyl sites for hydroxylation is 1. The number of aromatic nitrogens is 2. The Balaban J connectivity index is 2.17. The predicted octanol–water partition coefficient (Wildman–Crippen LogP) is 2.14. The van der Waals surface area contributed by atoms with Crippen LogP contribution in [0.15, 0.2) is 24.5 Å². The van der Waals surface area contributed by atoms with Gasteiger partial charge in [0, 0.05) is 26.1 Å². The fourth-order valence-corrected chi connectivity index (χ4v) is 1.61. The zero-order chi connectivity index (χ0) is 9.80. The van der Waals surface area contributed by atoms with Crippen LogP contribution < -0.4 is 0 Å². The van der Waals surface area contributed by atoms with Crippen molar-refractivity contribution >= 4 is 11.0 Å². The molecule has 14 heavy (non-hydrogen) atoms. The van der Waals surface area contributed by atoms with Crippen molar-refractivity contribution in [3.63, 3.8) is 0 Å². The van der Waals surface area contributed by atoms with E-state index < -0.39 is 0 Å². The molecule has 0 unspecified atom stereocenters. The van der Waals surface area contributed by atoms with E-state index in [-0.39, 0.29) is 0 Å². The maximum absolute atomic E-state index is 5.02. The Bertz CT molecular complexity index is 408. The summed E-state index contributed by atoms with van der Waals surface area (Å²) in [6.45, 7) is 0.805. The van der Waals surface area contributed by atoms with E-state index in [4.69, 9.17) is 4.74 Å². The van der Waals surface area contributed by atoms with E-state index in [2.05, 4.69) is 9.97 Å². The summed E-state index contributed by atoms with van der Waals surface area (Å²) in [5.41, 5.74) is 3.47. The normalized spacial score (nSPS) is 10.9. The molecular weight excluding hydrogens is 176 g/mol. The fourth-order valence-electron chi connectivity index (χ4n) is 1.61. The SMILES string of the molecule is COCCCc1c[nH]c2cccnc12. The van der Waals surface area contributed by atoms with E-state index >= 15 is 0 Å². The van der Waals surface area contributed by atoms with Crippen molar-refractivity contribution in [3.8, 4) is 0 Å². The fraction of sp³-hybridized carbons (Fsp3) is 0.364. The molecule has 0 radical (unpaired) electrons. The number of nitrogens with one attached hydrogen (secondary N) is 1. The van der Waals surface area contributed by atoms with Crippen molar-refractivity contribution in [1.29, 1.82) is 0 Å². The molecule has 74 valence electrons. The molecule has 2 rings (SSSR count). The van der Waals surface area contributed by atoms with Crippen molar-refractivity contribution < 1.29 is 4.74 Å². The first-order valence-corrected chi connectivity index (χ1v) is 4.81. The Hall–Kier alpha value is -1.35. The summed E-state index contributed by atoms with van der Waals surface area (Å²) in [5, 5.41) is 0. The standard InChI is InChI=1S/C11H14N2O/c1-14-7-3-4-9-8-13-10-5-2-6-12-11(9)10/h2,5-6,8,13H,3-4,7H2,1H3. The van der Waals surface area contributed by atoms with Crippen LogP contribution in [0.2, 0.25) is 0 Å². The molecule has 0 spiro atoms. The van der Waals surface area contributed by atoms with Gasteiger partial charge in [0.15, 0.2) is 0 Å². The number of aromatic amines is 1. The van der Waals surface area contributed by atoms with E-state index in [0.717, 1.165) is 30.5 Å². The second kappa shape index (κ2) is 4.24. The van der Waals surface area contributed by atoms with Crippen molar-refractivity contribution in [3.05, 3.63) is 30.1 Å². The summed E-state index contributed by atoms with van der Waals surface area (Å²) < 4.78 is 5.02. The number of methoxy groups -OCH3 is 1. The molecule has 0 aliphatic rings. The first-order chi connectivity index (χ1) is 6.92. The minimum atomic E-state index is 0.805. The lowest BCUT2D eigenvalue weighted by atomic mass is 10.1. The maximum atomic E-state index is 5.02. The maximum Gasteiger partial charge on any atom is 0.0910 e. The van der Waals surface area contributed by atoms with E-state index in [1.54, 1.807) is 7.11 Å². The zero-order valence-corrected chi connectivity index (χ0v) is 8.29. The van der Waals surface area contributed by atoms with Gasteiger partial charge in [0.05, 0.1) is 11.0 Å². The highest BCUT2D eigenvalue weighted by atomic mass is 16.5. The van der Waals surface area contributed by atoms with Gasteiger partial charge in [-0.1, -0.05) is 0 Å². The van der Waals surface area contributed by atoms with Crippen LogP contribution in [0.3, 0.4) is 0 Å². The van der Waals surface area contributed by atoms with Gasteiger partial charge in [0.1, 0.15) is 0 Å².